The van der Waals surface area contributed by atoms with Gasteiger partial charge in [-0.05, 0) is 31.5 Å². The average molecular weight is 374 g/mol. The number of rotatable bonds is 5. The van der Waals surface area contributed by atoms with Gasteiger partial charge in [0.25, 0.3) is 0 Å². The topological polar surface area (TPSA) is 85.1 Å². The van der Waals surface area contributed by atoms with Crippen LogP contribution in [0.2, 0.25) is 0 Å². The lowest BCUT2D eigenvalue weighted by Gasteiger charge is -2.08. The maximum atomic E-state index is 12.5. The SMILES string of the molecule is Cc1ccc(S(=O)(=O)NCc2sc(N)nc2-c2ccccc2C)cc1. The van der Waals surface area contributed by atoms with Gasteiger partial charge in [-0.25, -0.2) is 18.1 Å². The van der Waals surface area contributed by atoms with E-state index in [0.29, 0.717) is 5.13 Å². The number of sulfonamides is 1. The van der Waals surface area contributed by atoms with Gasteiger partial charge in [0.2, 0.25) is 10.0 Å². The Balaban J connectivity index is 1.87. The van der Waals surface area contributed by atoms with Gasteiger partial charge in [0, 0.05) is 17.0 Å². The van der Waals surface area contributed by atoms with E-state index >= 15 is 0 Å². The van der Waals surface area contributed by atoms with Crippen molar-refractivity contribution < 1.29 is 8.42 Å². The second kappa shape index (κ2) is 6.95. The number of hydrogen-bond acceptors (Lipinski definition) is 5. The van der Waals surface area contributed by atoms with Crippen LogP contribution in [0.25, 0.3) is 11.3 Å². The van der Waals surface area contributed by atoms with Crippen LogP contribution in [-0.2, 0) is 16.6 Å². The summed E-state index contributed by atoms with van der Waals surface area (Å²) in [4.78, 5) is 5.43. The zero-order valence-corrected chi connectivity index (χ0v) is 15.6. The van der Waals surface area contributed by atoms with E-state index in [1.807, 2.05) is 38.1 Å². The third-order valence-corrected chi connectivity index (χ3v) is 6.17. The number of anilines is 1. The predicted octanol–water partition coefficient (Wildman–Crippen LogP) is 3.49. The first-order chi connectivity index (χ1) is 11.9. The molecule has 0 saturated carbocycles. The number of nitrogen functional groups attached to an aromatic ring is 1. The van der Waals surface area contributed by atoms with E-state index in [2.05, 4.69) is 9.71 Å². The smallest absolute Gasteiger partial charge is 0.240 e. The van der Waals surface area contributed by atoms with Gasteiger partial charge in [0.05, 0.1) is 10.6 Å². The molecule has 7 heteroatoms. The molecule has 3 aromatic rings. The van der Waals surface area contributed by atoms with Gasteiger partial charge in [0.15, 0.2) is 5.13 Å². The molecule has 0 radical (unpaired) electrons. The van der Waals surface area contributed by atoms with Crippen LogP contribution in [0.5, 0.6) is 0 Å². The Kier molecular flexibility index (Phi) is 4.89. The third kappa shape index (κ3) is 3.89. The van der Waals surface area contributed by atoms with Gasteiger partial charge in [-0.1, -0.05) is 42.0 Å². The zero-order chi connectivity index (χ0) is 18.0. The number of nitrogens with zero attached hydrogens (tertiary/aromatic N) is 1. The predicted molar refractivity (Wildman–Crippen MR) is 102 cm³/mol. The molecule has 3 rings (SSSR count). The number of nitrogens with one attached hydrogen (secondary N) is 1. The van der Waals surface area contributed by atoms with Crippen LogP contribution < -0.4 is 10.5 Å². The summed E-state index contributed by atoms with van der Waals surface area (Å²) in [6, 6.07) is 14.6. The fourth-order valence-electron chi connectivity index (χ4n) is 2.50. The Labute approximate surface area is 151 Å². The minimum atomic E-state index is -3.59. The maximum Gasteiger partial charge on any atom is 0.240 e. The Morgan fingerprint density at radius 3 is 2.44 bits per heavy atom. The van der Waals surface area contributed by atoms with E-state index in [1.165, 1.54) is 11.3 Å². The highest BCUT2D eigenvalue weighted by Crippen LogP contribution is 2.31. The van der Waals surface area contributed by atoms with Crippen molar-refractivity contribution in [3.05, 3.63) is 64.5 Å². The highest BCUT2D eigenvalue weighted by molar-refractivity contribution is 7.89. The third-order valence-electron chi connectivity index (χ3n) is 3.87. The van der Waals surface area contributed by atoms with Crippen molar-refractivity contribution in [1.82, 2.24) is 9.71 Å². The molecule has 0 bridgehead atoms. The number of benzene rings is 2. The molecular formula is C18H19N3O2S2. The molecule has 0 aliphatic heterocycles. The second-order valence-electron chi connectivity index (χ2n) is 5.78. The molecule has 0 atom stereocenters. The Morgan fingerprint density at radius 1 is 1.08 bits per heavy atom. The molecule has 0 spiro atoms. The molecule has 2 aromatic carbocycles. The van der Waals surface area contributed by atoms with Crippen LogP contribution in [0, 0.1) is 13.8 Å². The van der Waals surface area contributed by atoms with Crippen LogP contribution in [0.3, 0.4) is 0 Å². The molecule has 0 saturated heterocycles. The molecule has 5 nitrogen and oxygen atoms in total. The number of aryl methyl sites for hydroxylation is 2. The highest BCUT2D eigenvalue weighted by Gasteiger charge is 2.18. The van der Waals surface area contributed by atoms with Crippen LogP contribution in [0.15, 0.2) is 53.4 Å². The van der Waals surface area contributed by atoms with Crippen molar-refractivity contribution in [3.63, 3.8) is 0 Å². The molecule has 130 valence electrons. The normalized spacial score (nSPS) is 11.6. The molecule has 0 aliphatic rings. The Hall–Kier alpha value is -2.22. The molecule has 0 fully saturated rings. The minimum Gasteiger partial charge on any atom is -0.375 e. The van der Waals surface area contributed by atoms with Crippen molar-refractivity contribution in [2.45, 2.75) is 25.3 Å². The molecule has 1 aromatic heterocycles. The van der Waals surface area contributed by atoms with Crippen LogP contribution in [0.4, 0.5) is 5.13 Å². The summed E-state index contributed by atoms with van der Waals surface area (Å²) in [6.07, 6.45) is 0. The summed E-state index contributed by atoms with van der Waals surface area (Å²) in [6.45, 7) is 4.05. The molecule has 3 N–H and O–H groups in total. The van der Waals surface area contributed by atoms with E-state index in [4.69, 9.17) is 5.73 Å². The van der Waals surface area contributed by atoms with Gasteiger partial charge in [-0.2, -0.15) is 0 Å². The molecule has 0 aliphatic carbocycles. The van der Waals surface area contributed by atoms with E-state index in [1.54, 1.807) is 24.3 Å². The Bertz CT molecular complexity index is 993. The maximum absolute atomic E-state index is 12.5. The van der Waals surface area contributed by atoms with Crippen molar-refractivity contribution in [1.29, 1.82) is 0 Å². The summed E-state index contributed by atoms with van der Waals surface area (Å²) in [7, 11) is -3.59. The molecule has 0 amide bonds. The van der Waals surface area contributed by atoms with Crippen LogP contribution in [-0.4, -0.2) is 13.4 Å². The lowest BCUT2D eigenvalue weighted by molar-refractivity contribution is 0.582. The van der Waals surface area contributed by atoms with Gasteiger partial charge >= 0.3 is 0 Å². The number of thiazole rings is 1. The Morgan fingerprint density at radius 2 is 1.76 bits per heavy atom. The largest absolute Gasteiger partial charge is 0.375 e. The summed E-state index contributed by atoms with van der Waals surface area (Å²) in [5.41, 5.74) is 9.63. The van der Waals surface area contributed by atoms with Gasteiger partial charge < -0.3 is 5.73 Å². The van der Waals surface area contributed by atoms with E-state index in [0.717, 1.165) is 27.3 Å². The molecule has 25 heavy (non-hydrogen) atoms. The lowest BCUT2D eigenvalue weighted by atomic mass is 10.1. The van der Waals surface area contributed by atoms with Gasteiger partial charge in [-0.15, -0.1) is 11.3 Å². The minimum absolute atomic E-state index is 0.148. The summed E-state index contributed by atoms with van der Waals surface area (Å²) >= 11 is 1.30. The van der Waals surface area contributed by atoms with Crippen molar-refractivity contribution >= 4 is 26.5 Å². The molecule has 1 heterocycles. The van der Waals surface area contributed by atoms with E-state index < -0.39 is 10.0 Å². The van der Waals surface area contributed by atoms with Gasteiger partial charge in [0.1, 0.15) is 0 Å². The molecule has 0 unspecified atom stereocenters. The van der Waals surface area contributed by atoms with Crippen LogP contribution >= 0.6 is 11.3 Å². The lowest BCUT2D eigenvalue weighted by Crippen LogP contribution is -2.23. The highest BCUT2D eigenvalue weighted by atomic mass is 32.2. The fourth-order valence-corrected chi connectivity index (χ4v) is 4.37. The molecular weight excluding hydrogens is 354 g/mol. The van der Waals surface area contributed by atoms with E-state index in [9.17, 15) is 8.42 Å². The number of hydrogen-bond donors (Lipinski definition) is 2. The summed E-state index contributed by atoms with van der Waals surface area (Å²) in [5, 5.41) is 0.419. The van der Waals surface area contributed by atoms with Crippen molar-refractivity contribution in [3.8, 4) is 11.3 Å². The fraction of sp³-hybridized carbons (Fsp3) is 0.167. The quantitative estimate of drug-likeness (QED) is 0.717. The second-order valence-corrected chi connectivity index (χ2v) is 8.66. The first-order valence-corrected chi connectivity index (χ1v) is 10.0. The van der Waals surface area contributed by atoms with Crippen LogP contribution in [0.1, 0.15) is 16.0 Å². The summed E-state index contributed by atoms with van der Waals surface area (Å²) in [5.74, 6) is 0. The van der Waals surface area contributed by atoms with Gasteiger partial charge in [-0.3, -0.25) is 0 Å². The van der Waals surface area contributed by atoms with Crippen molar-refractivity contribution in [2.75, 3.05) is 5.73 Å². The zero-order valence-electron chi connectivity index (χ0n) is 14.0. The van der Waals surface area contributed by atoms with E-state index in [-0.39, 0.29) is 11.4 Å². The first kappa shape index (κ1) is 17.6. The average Bonchev–Trinajstić information content (AvgIpc) is 2.94. The summed E-state index contributed by atoms with van der Waals surface area (Å²) < 4.78 is 27.6. The monoisotopic (exact) mass is 373 g/mol. The number of nitrogens with two attached hydrogens (primary N) is 1. The standard InChI is InChI=1S/C18H19N3O2S2/c1-12-7-9-14(10-8-12)25(22,23)20-11-16-17(21-18(19)24-16)15-6-4-3-5-13(15)2/h3-10,20H,11H2,1-2H3,(H2,19,21). The number of aromatic nitrogens is 1. The first-order valence-electron chi connectivity index (χ1n) is 7.74. The van der Waals surface area contributed by atoms with Crippen molar-refractivity contribution in [2.24, 2.45) is 0 Å².